The van der Waals surface area contributed by atoms with E-state index >= 15 is 0 Å². The molecular formula is C16H22N2O5. The first kappa shape index (κ1) is 18.6. The van der Waals surface area contributed by atoms with Crippen LogP contribution >= 0.6 is 0 Å². The molecule has 1 aromatic rings. The second kappa shape index (κ2) is 8.26. The van der Waals surface area contributed by atoms with E-state index < -0.39 is 10.9 Å². The fraction of sp³-hybridized carbons (Fsp3) is 0.500. The van der Waals surface area contributed by atoms with Gasteiger partial charge in [0.25, 0.3) is 11.6 Å². The van der Waals surface area contributed by atoms with Crippen molar-refractivity contribution in [3.8, 4) is 0 Å². The van der Waals surface area contributed by atoms with Crippen molar-refractivity contribution in [1.29, 1.82) is 0 Å². The highest BCUT2D eigenvalue weighted by atomic mass is 16.6. The molecule has 0 bridgehead atoms. The number of carboxylic acid groups (broad SMARTS) is 1. The number of carbonyl (C=O) groups excluding carboxylic acids is 1. The van der Waals surface area contributed by atoms with Gasteiger partial charge < -0.3 is 10.4 Å². The molecule has 0 aliphatic carbocycles. The number of aliphatic carboxylic acids is 1. The van der Waals surface area contributed by atoms with Crippen molar-refractivity contribution in [2.75, 3.05) is 6.54 Å². The number of carbonyl (C=O) groups is 2. The molecule has 0 fully saturated rings. The maximum atomic E-state index is 12.3. The summed E-state index contributed by atoms with van der Waals surface area (Å²) in [5.41, 5.74) is 1.93. The second-order valence-corrected chi connectivity index (χ2v) is 5.58. The normalized spacial score (nSPS) is 10.4. The van der Waals surface area contributed by atoms with Crippen molar-refractivity contribution in [1.82, 2.24) is 5.32 Å². The second-order valence-electron chi connectivity index (χ2n) is 5.58. The molecule has 0 aliphatic rings. The van der Waals surface area contributed by atoms with Crippen LogP contribution in [-0.4, -0.2) is 28.5 Å². The Morgan fingerprint density at radius 1 is 1.17 bits per heavy atom. The van der Waals surface area contributed by atoms with Crippen LogP contribution < -0.4 is 5.32 Å². The van der Waals surface area contributed by atoms with Crippen molar-refractivity contribution in [3.63, 3.8) is 0 Å². The van der Waals surface area contributed by atoms with Crippen LogP contribution in [-0.2, 0) is 4.79 Å². The smallest absolute Gasteiger partial charge is 0.303 e. The summed E-state index contributed by atoms with van der Waals surface area (Å²) in [6, 6.07) is 1.65. The van der Waals surface area contributed by atoms with Crippen molar-refractivity contribution in [3.05, 3.63) is 38.4 Å². The molecular weight excluding hydrogens is 300 g/mol. The minimum absolute atomic E-state index is 0.0257. The topological polar surface area (TPSA) is 110 Å². The fourth-order valence-corrected chi connectivity index (χ4v) is 2.67. The number of benzene rings is 1. The molecule has 126 valence electrons. The van der Waals surface area contributed by atoms with Gasteiger partial charge in [-0.25, -0.2) is 0 Å². The number of nitrogens with zero attached hydrogens (tertiary/aromatic N) is 1. The molecule has 0 atom stereocenters. The minimum atomic E-state index is -0.827. The van der Waals surface area contributed by atoms with Gasteiger partial charge in [0.2, 0.25) is 0 Å². The highest BCUT2D eigenvalue weighted by Crippen LogP contribution is 2.28. The molecule has 7 nitrogen and oxygen atoms in total. The van der Waals surface area contributed by atoms with Gasteiger partial charge in [-0.3, -0.25) is 19.7 Å². The molecule has 2 N–H and O–H groups in total. The highest BCUT2D eigenvalue weighted by Gasteiger charge is 2.23. The van der Waals surface area contributed by atoms with Gasteiger partial charge >= 0.3 is 5.97 Å². The Morgan fingerprint density at radius 2 is 1.83 bits per heavy atom. The molecule has 0 aromatic heterocycles. The SMILES string of the molecule is Cc1cc(C)c([N+](=O)[O-])c(C)c1C(=O)NCCCCCC(=O)O. The number of carboxylic acids is 1. The van der Waals surface area contributed by atoms with Gasteiger partial charge in [-0.05, 0) is 45.2 Å². The van der Waals surface area contributed by atoms with Crippen LogP contribution in [0.15, 0.2) is 6.07 Å². The third kappa shape index (κ3) is 5.05. The number of hydrogen-bond donors (Lipinski definition) is 2. The van der Waals surface area contributed by atoms with E-state index in [9.17, 15) is 19.7 Å². The number of aryl methyl sites for hydroxylation is 2. The molecule has 0 aliphatic heterocycles. The maximum Gasteiger partial charge on any atom is 0.303 e. The van der Waals surface area contributed by atoms with Crippen molar-refractivity contribution in [2.24, 2.45) is 0 Å². The Bertz CT molecular complexity index is 625. The molecule has 7 heteroatoms. The quantitative estimate of drug-likeness (QED) is 0.434. The zero-order valence-corrected chi connectivity index (χ0v) is 13.6. The average Bonchev–Trinajstić information content (AvgIpc) is 2.41. The molecule has 0 saturated heterocycles. The lowest BCUT2D eigenvalue weighted by atomic mass is 9.97. The van der Waals surface area contributed by atoms with Crippen LogP contribution in [0.2, 0.25) is 0 Å². The lowest BCUT2D eigenvalue weighted by Gasteiger charge is -2.12. The number of hydrogen-bond acceptors (Lipinski definition) is 4. The largest absolute Gasteiger partial charge is 0.481 e. The molecule has 0 spiro atoms. The summed E-state index contributed by atoms with van der Waals surface area (Å²) in [5.74, 6) is -1.16. The van der Waals surface area contributed by atoms with E-state index in [2.05, 4.69) is 5.32 Å². The molecule has 0 saturated carbocycles. The summed E-state index contributed by atoms with van der Waals surface area (Å²) < 4.78 is 0. The first-order chi connectivity index (χ1) is 10.8. The van der Waals surface area contributed by atoms with Crippen molar-refractivity contribution in [2.45, 2.75) is 46.5 Å². The van der Waals surface area contributed by atoms with Crippen LogP contribution in [0.5, 0.6) is 0 Å². The summed E-state index contributed by atoms with van der Waals surface area (Å²) in [5, 5.41) is 22.4. The molecule has 0 heterocycles. The Hall–Kier alpha value is -2.44. The Labute approximate surface area is 134 Å². The van der Waals surface area contributed by atoms with Crippen LogP contribution in [0.1, 0.15) is 52.7 Å². The Kier molecular flexibility index (Phi) is 6.68. The zero-order chi connectivity index (χ0) is 17.6. The molecule has 1 aromatic carbocycles. The molecule has 0 unspecified atom stereocenters. The number of nitro groups is 1. The zero-order valence-electron chi connectivity index (χ0n) is 13.6. The number of nitrogens with one attached hydrogen (secondary N) is 1. The summed E-state index contributed by atoms with van der Waals surface area (Å²) in [6.45, 7) is 5.41. The van der Waals surface area contributed by atoms with E-state index in [1.807, 2.05) is 0 Å². The van der Waals surface area contributed by atoms with Gasteiger partial charge in [-0.2, -0.15) is 0 Å². The summed E-state index contributed by atoms with van der Waals surface area (Å²) in [7, 11) is 0. The fourth-order valence-electron chi connectivity index (χ4n) is 2.67. The van der Waals surface area contributed by atoms with E-state index in [0.29, 0.717) is 48.1 Å². The third-order valence-electron chi connectivity index (χ3n) is 3.69. The van der Waals surface area contributed by atoms with Crippen LogP contribution in [0.4, 0.5) is 5.69 Å². The number of nitro benzene ring substituents is 1. The number of amides is 1. The van der Waals surface area contributed by atoms with Gasteiger partial charge in [0.15, 0.2) is 0 Å². The predicted octanol–water partition coefficient (Wildman–Crippen LogP) is 2.89. The number of rotatable bonds is 8. The Balaban J connectivity index is 2.71. The standard InChI is InChI=1S/C16H22N2O5/c1-10-9-11(2)15(18(22)23)12(3)14(10)16(21)17-8-6-4-5-7-13(19)20/h9H,4-8H2,1-3H3,(H,17,21)(H,19,20). The van der Waals surface area contributed by atoms with E-state index in [4.69, 9.17) is 5.11 Å². The van der Waals surface area contributed by atoms with Crippen LogP contribution in [0.3, 0.4) is 0 Å². The average molecular weight is 322 g/mol. The van der Waals surface area contributed by atoms with E-state index in [1.165, 1.54) is 0 Å². The van der Waals surface area contributed by atoms with E-state index in [1.54, 1.807) is 26.8 Å². The van der Waals surface area contributed by atoms with Crippen LogP contribution in [0.25, 0.3) is 0 Å². The van der Waals surface area contributed by atoms with Gasteiger partial charge in [0.05, 0.1) is 10.5 Å². The molecule has 0 radical (unpaired) electrons. The van der Waals surface area contributed by atoms with Gasteiger partial charge in [0, 0.05) is 24.1 Å². The monoisotopic (exact) mass is 322 g/mol. The lowest BCUT2D eigenvalue weighted by Crippen LogP contribution is -2.26. The van der Waals surface area contributed by atoms with E-state index in [0.717, 1.165) is 0 Å². The first-order valence-electron chi connectivity index (χ1n) is 7.51. The van der Waals surface area contributed by atoms with Gasteiger partial charge in [-0.1, -0.05) is 6.42 Å². The summed E-state index contributed by atoms with van der Waals surface area (Å²) in [6.07, 6.45) is 2.07. The third-order valence-corrected chi connectivity index (χ3v) is 3.69. The minimum Gasteiger partial charge on any atom is -0.481 e. The predicted molar refractivity (Wildman–Crippen MR) is 85.7 cm³/mol. The summed E-state index contributed by atoms with van der Waals surface area (Å²) in [4.78, 5) is 33.4. The number of unbranched alkanes of at least 4 members (excludes halogenated alkanes) is 2. The molecule has 1 rings (SSSR count). The summed E-state index contributed by atoms with van der Waals surface area (Å²) >= 11 is 0. The van der Waals surface area contributed by atoms with E-state index in [-0.39, 0.29) is 18.0 Å². The molecule has 23 heavy (non-hydrogen) atoms. The van der Waals surface area contributed by atoms with Gasteiger partial charge in [0.1, 0.15) is 0 Å². The molecule has 1 amide bonds. The lowest BCUT2D eigenvalue weighted by molar-refractivity contribution is -0.386. The highest BCUT2D eigenvalue weighted by molar-refractivity contribution is 5.98. The Morgan fingerprint density at radius 3 is 2.39 bits per heavy atom. The van der Waals surface area contributed by atoms with Crippen molar-refractivity contribution >= 4 is 17.6 Å². The van der Waals surface area contributed by atoms with Crippen molar-refractivity contribution < 1.29 is 19.6 Å². The first-order valence-corrected chi connectivity index (χ1v) is 7.51. The van der Waals surface area contributed by atoms with Gasteiger partial charge in [-0.15, -0.1) is 0 Å². The maximum absolute atomic E-state index is 12.3. The van der Waals surface area contributed by atoms with Crippen LogP contribution in [0, 0.1) is 30.9 Å².